The van der Waals surface area contributed by atoms with Crippen LogP contribution in [-0.2, 0) is 0 Å². The van der Waals surface area contributed by atoms with E-state index < -0.39 is 0 Å². The first-order valence-electron chi connectivity index (χ1n) is 6.90. The molecule has 98 valence electrons. The van der Waals surface area contributed by atoms with Gasteiger partial charge in [-0.05, 0) is 43.0 Å². The van der Waals surface area contributed by atoms with Crippen molar-refractivity contribution in [2.75, 3.05) is 6.54 Å². The van der Waals surface area contributed by atoms with Crippen molar-refractivity contribution in [3.8, 4) is 0 Å². The largest absolute Gasteiger partial charge is 0.349 e. The van der Waals surface area contributed by atoms with E-state index in [2.05, 4.69) is 10.6 Å². The van der Waals surface area contributed by atoms with E-state index in [1.165, 1.54) is 6.42 Å². The molecule has 0 aromatic carbocycles. The number of rotatable bonds is 2. The molecule has 4 rings (SSSR count). The molecule has 3 atom stereocenters. The number of carbonyl (C=O) groups is 1. The molecule has 19 heavy (non-hydrogen) atoms. The first-order chi connectivity index (χ1) is 9.29. The zero-order chi connectivity index (χ0) is 12.8. The Morgan fingerprint density at radius 2 is 2.26 bits per heavy atom. The van der Waals surface area contributed by atoms with E-state index in [9.17, 15) is 4.79 Å². The molecular weight excluding hydrogens is 238 g/mol. The van der Waals surface area contributed by atoms with Crippen LogP contribution in [0.3, 0.4) is 0 Å². The number of hydrogen-bond acceptors (Lipinski definition) is 2. The molecule has 1 amide bonds. The highest BCUT2D eigenvalue weighted by atomic mass is 16.1. The summed E-state index contributed by atoms with van der Waals surface area (Å²) >= 11 is 0. The van der Waals surface area contributed by atoms with Gasteiger partial charge >= 0.3 is 0 Å². The molecule has 4 nitrogen and oxygen atoms in total. The van der Waals surface area contributed by atoms with Crippen LogP contribution >= 0.6 is 0 Å². The van der Waals surface area contributed by atoms with Gasteiger partial charge in [-0.2, -0.15) is 0 Å². The van der Waals surface area contributed by atoms with Crippen molar-refractivity contribution in [2.45, 2.75) is 24.9 Å². The second kappa shape index (κ2) is 4.10. The fraction of sp³-hybridized carbons (Fsp3) is 0.400. The summed E-state index contributed by atoms with van der Waals surface area (Å²) in [6.07, 6.45) is 6.21. The number of nitrogens with one attached hydrogen (secondary N) is 2. The van der Waals surface area contributed by atoms with Crippen molar-refractivity contribution in [3.63, 3.8) is 0 Å². The molecule has 1 saturated carbocycles. The standard InChI is InChI=1S/C15H17N3O/c19-15(17-14-8-12-6-11(14)9-16-12)10-3-5-18-4-1-2-13(18)7-10/h1-5,7,11-12,14,16H,6,8-9H2,(H,17,19). The lowest BCUT2D eigenvalue weighted by molar-refractivity contribution is 0.0925. The van der Waals surface area contributed by atoms with Crippen LogP contribution in [-0.4, -0.2) is 28.9 Å². The van der Waals surface area contributed by atoms with E-state index in [1.807, 2.05) is 41.1 Å². The molecule has 2 fully saturated rings. The average molecular weight is 255 g/mol. The lowest BCUT2D eigenvalue weighted by Gasteiger charge is -2.23. The maximum absolute atomic E-state index is 12.3. The topological polar surface area (TPSA) is 45.5 Å². The van der Waals surface area contributed by atoms with Gasteiger partial charge in [0.2, 0.25) is 0 Å². The number of nitrogens with zero attached hydrogens (tertiary/aromatic N) is 1. The minimum Gasteiger partial charge on any atom is -0.349 e. The van der Waals surface area contributed by atoms with E-state index >= 15 is 0 Å². The minimum atomic E-state index is 0.0567. The monoisotopic (exact) mass is 255 g/mol. The zero-order valence-corrected chi connectivity index (χ0v) is 10.7. The summed E-state index contributed by atoms with van der Waals surface area (Å²) in [5, 5.41) is 6.66. The Balaban J connectivity index is 1.53. The Morgan fingerprint density at radius 3 is 3.05 bits per heavy atom. The molecule has 1 aliphatic carbocycles. The van der Waals surface area contributed by atoms with E-state index in [0.29, 0.717) is 18.0 Å². The molecule has 2 N–H and O–H groups in total. The lowest BCUT2D eigenvalue weighted by atomic mass is 10.0. The Kier molecular flexibility index (Phi) is 2.38. The molecule has 2 aliphatic rings. The van der Waals surface area contributed by atoms with Gasteiger partial charge in [0.1, 0.15) is 0 Å². The summed E-state index contributed by atoms with van der Waals surface area (Å²) in [7, 11) is 0. The molecule has 2 aromatic rings. The predicted molar refractivity (Wildman–Crippen MR) is 73.2 cm³/mol. The van der Waals surface area contributed by atoms with Gasteiger partial charge in [-0.1, -0.05) is 0 Å². The van der Waals surface area contributed by atoms with Crippen LogP contribution in [0.5, 0.6) is 0 Å². The van der Waals surface area contributed by atoms with Crippen LogP contribution < -0.4 is 10.6 Å². The summed E-state index contributed by atoms with van der Waals surface area (Å²) < 4.78 is 2.01. The van der Waals surface area contributed by atoms with Gasteiger partial charge < -0.3 is 15.0 Å². The summed E-state index contributed by atoms with van der Waals surface area (Å²) in [6.45, 7) is 1.05. The number of amides is 1. The van der Waals surface area contributed by atoms with Crippen molar-refractivity contribution in [2.24, 2.45) is 5.92 Å². The van der Waals surface area contributed by atoms with Gasteiger partial charge in [-0.25, -0.2) is 0 Å². The van der Waals surface area contributed by atoms with Crippen LogP contribution in [0.1, 0.15) is 23.2 Å². The summed E-state index contributed by atoms with van der Waals surface area (Å²) in [5.74, 6) is 0.673. The maximum atomic E-state index is 12.3. The van der Waals surface area contributed by atoms with Crippen molar-refractivity contribution >= 4 is 11.4 Å². The molecule has 4 heteroatoms. The molecule has 1 saturated heterocycles. The second-order valence-electron chi connectivity index (χ2n) is 5.67. The average Bonchev–Trinajstić information content (AvgIpc) is 3.13. The number of pyridine rings is 1. The molecule has 2 aromatic heterocycles. The molecule has 2 bridgehead atoms. The van der Waals surface area contributed by atoms with E-state index in [-0.39, 0.29) is 5.91 Å². The fourth-order valence-electron chi connectivity index (χ4n) is 3.44. The highest BCUT2D eigenvalue weighted by Gasteiger charge is 2.40. The minimum absolute atomic E-state index is 0.0567. The zero-order valence-electron chi connectivity index (χ0n) is 10.7. The Hall–Kier alpha value is -1.81. The third kappa shape index (κ3) is 1.83. The molecule has 3 unspecified atom stereocenters. The number of fused-ring (bicyclic) bond motifs is 3. The number of carbonyl (C=O) groups excluding carboxylic acids is 1. The van der Waals surface area contributed by atoms with Gasteiger partial charge in [0, 0.05) is 42.1 Å². The van der Waals surface area contributed by atoms with Gasteiger partial charge in [-0.3, -0.25) is 4.79 Å². The third-order valence-electron chi connectivity index (χ3n) is 4.47. The summed E-state index contributed by atoms with van der Waals surface area (Å²) in [5.41, 5.74) is 1.81. The predicted octanol–water partition coefficient (Wildman–Crippen LogP) is 1.42. The molecule has 0 radical (unpaired) electrons. The Morgan fingerprint density at radius 1 is 1.32 bits per heavy atom. The molecule has 1 aliphatic heterocycles. The van der Waals surface area contributed by atoms with Crippen molar-refractivity contribution in [1.29, 1.82) is 0 Å². The Bertz CT molecular complexity index is 633. The first-order valence-corrected chi connectivity index (χ1v) is 6.90. The fourth-order valence-corrected chi connectivity index (χ4v) is 3.44. The SMILES string of the molecule is O=C(NC1CC2CC1CN2)c1ccn2cccc2c1. The van der Waals surface area contributed by atoms with E-state index in [0.717, 1.165) is 24.0 Å². The molecule has 0 spiro atoms. The normalized spacial score (nSPS) is 28.9. The van der Waals surface area contributed by atoms with Gasteiger partial charge in [0.15, 0.2) is 0 Å². The van der Waals surface area contributed by atoms with E-state index in [4.69, 9.17) is 0 Å². The van der Waals surface area contributed by atoms with Crippen molar-refractivity contribution in [3.05, 3.63) is 42.2 Å². The number of hydrogen-bond donors (Lipinski definition) is 2. The number of aromatic nitrogens is 1. The highest BCUT2D eigenvalue weighted by molar-refractivity contribution is 5.95. The number of piperidine rings is 1. The van der Waals surface area contributed by atoms with Crippen LogP contribution in [0.2, 0.25) is 0 Å². The first kappa shape index (κ1) is 11.1. The van der Waals surface area contributed by atoms with Crippen molar-refractivity contribution in [1.82, 2.24) is 15.0 Å². The summed E-state index contributed by atoms with van der Waals surface area (Å²) in [4.78, 5) is 12.3. The second-order valence-corrected chi connectivity index (χ2v) is 5.67. The van der Waals surface area contributed by atoms with Crippen LogP contribution in [0, 0.1) is 5.92 Å². The smallest absolute Gasteiger partial charge is 0.251 e. The highest BCUT2D eigenvalue weighted by Crippen LogP contribution is 2.31. The van der Waals surface area contributed by atoms with Crippen LogP contribution in [0.25, 0.3) is 5.52 Å². The van der Waals surface area contributed by atoms with E-state index in [1.54, 1.807) is 0 Å². The maximum Gasteiger partial charge on any atom is 0.251 e. The molecule has 3 heterocycles. The van der Waals surface area contributed by atoms with Gasteiger partial charge in [-0.15, -0.1) is 0 Å². The van der Waals surface area contributed by atoms with Crippen molar-refractivity contribution < 1.29 is 4.79 Å². The van der Waals surface area contributed by atoms with Gasteiger partial charge in [0.25, 0.3) is 5.91 Å². The molecular formula is C15H17N3O. The van der Waals surface area contributed by atoms with Gasteiger partial charge in [0.05, 0.1) is 0 Å². The summed E-state index contributed by atoms with van der Waals surface area (Å²) in [6, 6.07) is 8.79. The lowest BCUT2D eigenvalue weighted by Crippen LogP contribution is -2.44. The van der Waals surface area contributed by atoms with Crippen LogP contribution in [0.4, 0.5) is 0 Å². The quantitative estimate of drug-likeness (QED) is 0.852. The third-order valence-corrected chi connectivity index (χ3v) is 4.47. The Labute approximate surface area is 111 Å². The van der Waals surface area contributed by atoms with Crippen LogP contribution in [0.15, 0.2) is 36.7 Å².